The molecule has 0 unspecified atom stereocenters. The van der Waals surface area contributed by atoms with E-state index < -0.39 is 18.0 Å². The quantitative estimate of drug-likeness (QED) is 0.673. The van der Waals surface area contributed by atoms with Crippen molar-refractivity contribution >= 4 is 29.5 Å². The second-order valence-corrected chi connectivity index (χ2v) is 6.90. The van der Waals surface area contributed by atoms with Gasteiger partial charge in [-0.25, -0.2) is 4.79 Å². The Morgan fingerprint density at radius 3 is 2.12 bits per heavy atom. The average Bonchev–Trinajstić information content (AvgIpc) is 2.52. The molecule has 7 nitrogen and oxygen atoms in total. The van der Waals surface area contributed by atoms with Crippen LogP contribution in [0, 0.1) is 0 Å². The summed E-state index contributed by atoms with van der Waals surface area (Å²) in [5.74, 6) is -0.881. The van der Waals surface area contributed by atoms with E-state index in [0.29, 0.717) is 10.6 Å². The number of nitrogens with zero attached hydrogens (tertiary/aromatic N) is 1. The zero-order chi connectivity index (χ0) is 19.9. The molecule has 1 rings (SSSR count). The van der Waals surface area contributed by atoms with Gasteiger partial charge in [-0.05, 0) is 45.4 Å². The maximum atomic E-state index is 12.2. The number of amides is 3. The van der Waals surface area contributed by atoms with E-state index in [1.165, 1.54) is 0 Å². The Morgan fingerprint density at radius 1 is 1.12 bits per heavy atom. The van der Waals surface area contributed by atoms with Crippen LogP contribution < -0.4 is 11.1 Å². The normalized spacial score (nSPS) is 12.0. The van der Waals surface area contributed by atoms with Crippen LogP contribution in [0.3, 0.4) is 0 Å². The van der Waals surface area contributed by atoms with E-state index in [1.807, 2.05) is 27.7 Å². The molecule has 8 heteroatoms. The molecule has 0 aromatic heterocycles. The molecule has 0 heterocycles. The highest BCUT2D eigenvalue weighted by Crippen LogP contribution is 2.20. The van der Waals surface area contributed by atoms with Crippen LogP contribution in [0.4, 0.5) is 4.79 Å². The first kappa shape index (κ1) is 21.8. The smallest absolute Gasteiger partial charge is 0.312 e. The van der Waals surface area contributed by atoms with Gasteiger partial charge in [0.25, 0.3) is 5.91 Å². The summed E-state index contributed by atoms with van der Waals surface area (Å²) < 4.78 is 5.09. The number of rotatable bonds is 8. The van der Waals surface area contributed by atoms with Crippen LogP contribution >= 0.6 is 11.6 Å². The van der Waals surface area contributed by atoms with E-state index in [4.69, 9.17) is 22.1 Å². The fourth-order valence-electron chi connectivity index (χ4n) is 2.73. The van der Waals surface area contributed by atoms with E-state index >= 15 is 0 Å². The number of nitrogens with two attached hydrogens (primary N) is 1. The number of nitrogens with one attached hydrogen (secondary N) is 1. The van der Waals surface area contributed by atoms with Crippen LogP contribution in [-0.2, 0) is 14.3 Å². The Morgan fingerprint density at radius 2 is 1.65 bits per heavy atom. The summed E-state index contributed by atoms with van der Waals surface area (Å²) in [5.41, 5.74) is 5.83. The van der Waals surface area contributed by atoms with Crippen molar-refractivity contribution in [3.8, 4) is 0 Å². The van der Waals surface area contributed by atoms with Crippen molar-refractivity contribution in [1.29, 1.82) is 0 Å². The van der Waals surface area contributed by atoms with E-state index in [9.17, 15) is 14.4 Å². The first-order valence-corrected chi connectivity index (χ1v) is 8.77. The van der Waals surface area contributed by atoms with Crippen LogP contribution in [-0.4, -0.2) is 41.5 Å². The monoisotopic (exact) mass is 383 g/mol. The van der Waals surface area contributed by atoms with Gasteiger partial charge in [0.2, 0.25) is 0 Å². The highest BCUT2D eigenvalue weighted by Gasteiger charge is 2.23. The molecule has 1 atom stereocenters. The molecule has 3 N–H and O–H groups in total. The van der Waals surface area contributed by atoms with Crippen LogP contribution in [0.25, 0.3) is 0 Å². The number of urea groups is 1. The highest BCUT2D eigenvalue weighted by atomic mass is 35.5. The lowest BCUT2D eigenvalue weighted by Crippen LogP contribution is -2.44. The predicted octanol–water partition coefficient (Wildman–Crippen LogP) is 2.63. The van der Waals surface area contributed by atoms with E-state index in [2.05, 4.69) is 5.32 Å². The number of benzene rings is 1. The number of hydrogen-bond donors (Lipinski definition) is 2. The van der Waals surface area contributed by atoms with Crippen molar-refractivity contribution in [2.24, 2.45) is 5.73 Å². The van der Waals surface area contributed by atoms with Crippen molar-refractivity contribution in [3.05, 3.63) is 34.9 Å². The lowest BCUT2D eigenvalue weighted by atomic mass is 10.0. The number of carbonyl (C=O) groups excluding carboxylic acids is 3. The Kier molecular flexibility index (Phi) is 8.38. The zero-order valence-electron chi connectivity index (χ0n) is 15.5. The topological polar surface area (TPSA) is 102 Å². The van der Waals surface area contributed by atoms with Gasteiger partial charge >= 0.3 is 12.0 Å². The Bertz CT molecular complexity index is 624. The Balaban J connectivity index is 2.71. The maximum Gasteiger partial charge on any atom is 0.312 e. The van der Waals surface area contributed by atoms with Crippen molar-refractivity contribution in [2.45, 2.75) is 52.2 Å². The molecule has 0 saturated carbocycles. The van der Waals surface area contributed by atoms with Gasteiger partial charge in [0.15, 0.2) is 6.61 Å². The summed E-state index contributed by atoms with van der Waals surface area (Å²) in [6.45, 7) is 7.24. The molecule has 0 aliphatic rings. The van der Waals surface area contributed by atoms with Gasteiger partial charge in [0, 0.05) is 17.1 Å². The number of primary amides is 1. The molecule has 0 bridgehead atoms. The van der Waals surface area contributed by atoms with Gasteiger partial charge in [0.1, 0.15) is 0 Å². The van der Waals surface area contributed by atoms with Gasteiger partial charge in [-0.3, -0.25) is 9.59 Å². The highest BCUT2D eigenvalue weighted by molar-refractivity contribution is 6.30. The summed E-state index contributed by atoms with van der Waals surface area (Å²) >= 11 is 5.85. The van der Waals surface area contributed by atoms with E-state index in [-0.39, 0.29) is 31.0 Å². The molecule has 0 spiro atoms. The SMILES string of the molecule is CC(C)N(C(=O)COC(=O)C[C@@H](NC(N)=O)c1ccc(Cl)cc1)C(C)C. The lowest BCUT2D eigenvalue weighted by molar-refractivity contribution is -0.154. The number of carbonyl (C=O) groups is 3. The third kappa shape index (κ3) is 6.92. The molecule has 144 valence electrons. The van der Waals surface area contributed by atoms with Crippen molar-refractivity contribution in [3.63, 3.8) is 0 Å². The summed E-state index contributed by atoms with van der Waals surface area (Å²) in [6.07, 6.45) is -0.152. The van der Waals surface area contributed by atoms with Crippen LogP contribution in [0.2, 0.25) is 5.02 Å². The second-order valence-electron chi connectivity index (χ2n) is 6.47. The minimum atomic E-state index is -0.764. The Labute approximate surface area is 158 Å². The van der Waals surface area contributed by atoms with Crippen LogP contribution in [0.1, 0.15) is 45.7 Å². The maximum absolute atomic E-state index is 12.2. The summed E-state index contributed by atoms with van der Waals surface area (Å²) in [4.78, 5) is 37.2. The van der Waals surface area contributed by atoms with Gasteiger partial charge in [-0.15, -0.1) is 0 Å². The van der Waals surface area contributed by atoms with Crippen molar-refractivity contribution in [1.82, 2.24) is 10.2 Å². The fraction of sp³-hybridized carbons (Fsp3) is 0.500. The van der Waals surface area contributed by atoms with Crippen molar-refractivity contribution < 1.29 is 19.1 Å². The molecule has 3 amide bonds. The molecule has 0 aliphatic heterocycles. The number of halogens is 1. The van der Waals surface area contributed by atoms with Gasteiger partial charge in [-0.2, -0.15) is 0 Å². The molecule has 1 aromatic carbocycles. The number of esters is 1. The fourth-order valence-corrected chi connectivity index (χ4v) is 2.86. The van der Waals surface area contributed by atoms with Gasteiger partial charge < -0.3 is 20.7 Å². The number of ether oxygens (including phenoxy) is 1. The first-order chi connectivity index (χ1) is 12.1. The molecular weight excluding hydrogens is 358 g/mol. The first-order valence-electron chi connectivity index (χ1n) is 8.40. The van der Waals surface area contributed by atoms with Crippen molar-refractivity contribution in [2.75, 3.05) is 6.61 Å². The largest absolute Gasteiger partial charge is 0.455 e. The van der Waals surface area contributed by atoms with Gasteiger partial charge in [0.05, 0.1) is 12.5 Å². The molecule has 0 fully saturated rings. The summed E-state index contributed by atoms with van der Waals surface area (Å²) in [6, 6.07) is 5.22. The molecule has 26 heavy (non-hydrogen) atoms. The molecular formula is C18H26ClN3O4. The van der Waals surface area contributed by atoms with E-state index in [1.54, 1.807) is 29.2 Å². The third-order valence-electron chi connectivity index (χ3n) is 3.72. The molecule has 0 saturated heterocycles. The zero-order valence-corrected chi connectivity index (χ0v) is 16.2. The van der Waals surface area contributed by atoms with Gasteiger partial charge in [-0.1, -0.05) is 23.7 Å². The standard InChI is InChI=1S/C18H26ClN3O4/c1-11(2)22(12(3)4)16(23)10-26-17(24)9-15(21-18(20)25)13-5-7-14(19)8-6-13/h5-8,11-12,15H,9-10H2,1-4H3,(H3,20,21,25)/t15-/m1/s1. The predicted molar refractivity (Wildman–Crippen MR) is 99.6 cm³/mol. The second kappa shape index (κ2) is 10.0. The summed E-state index contributed by atoms with van der Waals surface area (Å²) in [7, 11) is 0. The van der Waals surface area contributed by atoms with Crippen LogP contribution in [0.5, 0.6) is 0 Å². The van der Waals surface area contributed by atoms with E-state index in [0.717, 1.165) is 0 Å². The summed E-state index contributed by atoms with van der Waals surface area (Å²) in [5, 5.41) is 3.02. The lowest BCUT2D eigenvalue weighted by Gasteiger charge is -2.30. The Hall–Kier alpha value is -2.28. The average molecular weight is 384 g/mol. The number of hydrogen-bond acceptors (Lipinski definition) is 4. The minimum Gasteiger partial charge on any atom is -0.455 e. The molecule has 0 radical (unpaired) electrons. The molecule has 1 aromatic rings. The third-order valence-corrected chi connectivity index (χ3v) is 3.97. The molecule has 0 aliphatic carbocycles. The minimum absolute atomic E-state index is 0.000420. The van der Waals surface area contributed by atoms with Crippen LogP contribution in [0.15, 0.2) is 24.3 Å².